The molecule has 0 heterocycles. The quantitative estimate of drug-likeness (QED) is 0.443. The van der Waals surface area contributed by atoms with Gasteiger partial charge in [-0.1, -0.05) is 24.6 Å². The zero-order chi connectivity index (χ0) is 24.6. The van der Waals surface area contributed by atoms with Gasteiger partial charge in [0.05, 0.1) is 35.4 Å². The molecule has 0 aliphatic rings. The van der Waals surface area contributed by atoms with Crippen LogP contribution in [0.2, 0.25) is 0 Å². The van der Waals surface area contributed by atoms with Crippen molar-refractivity contribution in [2.24, 2.45) is 4.99 Å². The first-order chi connectivity index (χ1) is 15.6. The fourth-order valence-corrected chi connectivity index (χ4v) is 3.76. The largest absolute Gasteiger partial charge is 0.453 e. The van der Waals surface area contributed by atoms with E-state index in [1.165, 1.54) is 30.3 Å². The van der Waals surface area contributed by atoms with E-state index in [0.29, 0.717) is 0 Å². The molecule has 0 radical (unpaired) electrons. The summed E-state index contributed by atoms with van der Waals surface area (Å²) >= 11 is 0. The van der Waals surface area contributed by atoms with Gasteiger partial charge < -0.3 is 14.8 Å². The van der Waals surface area contributed by atoms with Crippen molar-refractivity contribution < 1.29 is 32.3 Å². The third-order valence-electron chi connectivity index (χ3n) is 4.25. The highest BCUT2D eigenvalue weighted by molar-refractivity contribution is 7.91. The Bertz CT molecular complexity index is 1160. The number of nitrogens with zero attached hydrogens (tertiary/aromatic N) is 1. The molecule has 11 nitrogen and oxygen atoms in total. The zero-order valence-electron chi connectivity index (χ0n) is 18.5. The molecule has 0 aliphatic heterocycles. The first kappa shape index (κ1) is 25.3. The van der Waals surface area contributed by atoms with Crippen molar-refractivity contribution in [3.63, 3.8) is 0 Å². The Morgan fingerprint density at radius 2 is 1.45 bits per heavy atom. The highest BCUT2D eigenvalue weighted by Crippen LogP contribution is 2.31. The number of carbonyl (C=O) groups is 3. The summed E-state index contributed by atoms with van der Waals surface area (Å²) in [5.41, 5.74) is 1.01. The fourth-order valence-electron chi connectivity index (χ4n) is 2.48. The number of sulfone groups is 1. The number of hydrogen-bond acceptors (Lipinski definition) is 8. The molecule has 176 valence electrons. The number of rotatable bonds is 5. The van der Waals surface area contributed by atoms with E-state index in [2.05, 4.69) is 30.4 Å². The first-order valence-corrected chi connectivity index (χ1v) is 11.1. The maximum atomic E-state index is 13.1. The molecule has 12 heteroatoms. The number of carbonyl (C=O) groups excluding carboxylic acids is 3. The summed E-state index contributed by atoms with van der Waals surface area (Å²) in [6.07, 6.45) is -1.74. The van der Waals surface area contributed by atoms with E-state index < -0.39 is 27.9 Å². The van der Waals surface area contributed by atoms with Gasteiger partial charge in [-0.2, -0.15) is 0 Å². The second-order valence-corrected chi connectivity index (χ2v) is 8.54. The smallest absolute Gasteiger partial charge is 0.413 e. The van der Waals surface area contributed by atoms with Crippen LogP contribution in [0.15, 0.2) is 57.2 Å². The number of aliphatic imine (C=N–C) groups is 1. The molecule has 0 aromatic heterocycles. The van der Waals surface area contributed by atoms with Crippen LogP contribution in [0.5, 0.6) is 0 Å². The lowest BCUT2D eigenvalue weighted by Gasteiger charge is -2.13. The van der Waals surface area contributed by atoms with Gasteiger partial charge >= 0.3 is 12.2 Å². The molecule has 0 spiro atoms. The Balaban J connectivity index is 2.58. The molecule has 2 aromatic rings. The standard InChI is InChI=1S/C21H24N4O7S/c1-5-18(26)22-17-12-15(33(29,30)14-8-6-13(2)7-9-14)10-11-16(17)23-19(24-20(27)31-3)25-21(28)32-4/h6-12H,5H2,1-4H3,(H,22,26)(H2,23,24,25,27,28). The van der Waals surface area contributed by atoms with Crippen LogP contribution in [0, 0.1) is 6.92 Å². The minimum absolute atomic E-state index is 0.0471. The lowest BCUT2D eigenvalue weighted by Crippen LogP contribution is -2.43. The van der Waals surface area contributed by atoms with Crippen molar-refractivity contribution in [3.8, 4) is 0 Å². The predicted molar refractivity (Wildman–Crippen MR) is 120 cm³/mol. The van der Waals surface area contributed by atoms with Gasteiger partial charge in [-0.25, -0.2) is 23.0 Å². The molecule has 0 aliphatic carbocycles. The van der Waals surface area contributed by atoms with Crippen LogP contribution in [0.25, 0.3) is 0 Å². The number of anilines is 1. The van der Waals surface area contributed by atoms with E-state index in [0.717, 1.165) is 19.8 Å². The summed E-state index contributed by atoms with van der Waals surface area (Å²) in [4.78, 5) is 39.4. The first-order valence-electron chi connectivity index (χ1n) is 9.65. The Labute approximate surface area is 191 Å². The van der Waals surface area contributed by atoms with E-state index in [4.69, 9.17) is 0 Å². The van der Waals surface area contributed by atoms with Crippen LogP contribution in [0.4, 0.5) is 21.0 Å². The van der Waals surface area contributed by atoms with Gasteiger partial charge in [-0.15, -0.1) is 0 Å². The van der Waals surface area contributed by atoms with Crippen LogP contribution in [0.3, 0.4) is 0 Å². The zero-order valence-corrected chi connectivity index (χ0v) is 19.3. The van der Waals surface area contributed by atoms with Crippen molar-refractivity contribution in [3.05, 3.63) is 48.0 Å². The molecule has 0 atom stereocenters. The van der Waals surface area contributed by atoms with Crippen molar-refractivity contribution in [1.82, 2.24) is 10.6 Å². The monoisotopic (exact) mass is 476 g/mol. The number of guanidine groups is 1. The Morgan fingerprint density at radius 3 is 1.97 bits per heavy atom. The molecule has 2 aromatic carbocycles. The van der Waals surface area contributed by atoms with Crippen LogP contribution in [0.1, 0.15) is 18.9 Å². The lowest BCUT2D eigenvalue weighted by molar-refractivity contribution is -0.115. The molecular weight excluding hydrogens is 452 g/mol. The highest BCUT2D eigenvalue weighted by Gasteiger charge is 2.20. The van der Waals surface area contributed by atoms with E-state index in [1.807, 2.05) is 6.92 Å². The van der Waals surface area contributed by atoms with Crippen molar-refractivity contribution in [2.45, 2.75) is 30.1 Å². The Kier molecular flexibility index (Phi) is 8.51. The SMILES string of the molecule is CCC(=O)Nc1cc(S(=O)(=O)c2ccc(C)cc2)ccc1N=C(NC(=O)OC)NC(=O)OC. The average molecular weight is 477 g/mol. The third-order valence-corrected chi connectivity index (χ3v) is 6.02. The lowest BCUT2D eigenvalue weighted by atomic mass is 10.2. The summed E-state index contributed by atoms with van der Waals surface area (Å²) in [7, 11) is -1.66. The van der Waals surface area contributed by atoms with Gasteiger partial charge in [0.2, 0.25) is 21.7 Å². The van der Waals surface area contributed by atoms with Crippen molar-refractivity contribution >= 4 is 45.3 Å². The topological polar surface area (TPSA) is 152 Å². The number of hydrogen-bond donors (Lipinski definition) is 3. The third kappa shape index (κ3) is 6.77. The molecule has 0 fully saturated rings. The normalized spacial score (nSPS) is 10.5. The molecule has 0 saturated heterocycles. The summed E-state index contributed by atoms with van der Waals surface area (Å²) < 4.78 is 35.1. The second kappa shape index (κ2) is 11.1. The molecule has 3 amide bonds. The van der Waals surface area contributed by atoms with Crippen molar-refractivity contribution in [2.75, 3.05) is 19.5 Å². The molecule has 3 N–H and O–H groups in total. The maximum Gasteiger partial charge on any atom is 0.413 e. The van der Waals surface area contributed by atoms with Gasteiger partial charge in [0, 0.05) is 6.42 Å². The molecule has 2 rings (SSSR count). The summed E-state index contributed by atoms with van der Waals surface area (Å²) in [5.74, 6) is -0.769. The van der Waals surface area contributed by atoms with Gasteiger partial charge in [-0.05, 0) is 37.3 Å². The number of aryl methyl sites for hydroxylation is 1. The molecule has 0 bridgehead atoms. The molecule has 0 saturated carbocycles. The summed E-state index contributed by atoms with van der Waals surface area (Å²) in [6.45, 7) is 3.46. The van der Waals surface area contributed by atoms with Crippen LogP contribution in [-0.2, 0) is 24.1 Å². The Hall–Kier alpha value is -3.93. The number of benzene rings is 2. The van der Waals surface area contributed by atoms with Gasteiger partial charge in [0.15, 0.2) is 0 Å². The minimum Gasteiger partial charge on any atom is -0.453 e. The highest BCUT2D eigenvalue weighted by atomic mass is 32.2. The maximum absolute atomic E-state index is 13.1. The van der Waals surface area contributed by atoms with Gasteiger partial charge in [0.1, 0.15) is 0 Å². The van der Waals surface area contributed by atoms with Crippen LogP contribution < -0.4 is 16.0 Å². The number of amides is 3. The number of nitrogens with one attached hydrogen (secondary N) is 3. The van der Waals surface area contributed by atoms with E-state index in [-0.39, 0.29) is 33.5 Å². The second-order valence-electron chi connectivity index (χ2n) is 6.59. The van der Waals surface area contributed by atoms with E-state index in [9.17, 15) is 22.8 Å². The minimum atomic E-state index is -3.89. The Morgan fingerprint density at radius 1 is 0.909 bits per heavy atom. The van der Waals surface area contributed by atoms with Crippen molar-refractivity contribution in [1.29, 1.82) is 0 Å². The van der Waals surface area contributed by atoms with E-state index in [1.54, 1.807) is 19.1 Å². The molecular formula is C21H24N4O7S. The fraction of sp³-hybridized carbons (Fsp3) is 0.238. The predicted octanol–water partition coefficient (Wildman–Crippen LogP) is 2.88. The summed E-state index contributed by atoms with van der Waals surface area (Å²) in [5, 5.41) is 6.97. The molecule has 33 heavy (non-hydrogen) atoms. The number of ether oxygens (including phenoxy) is 2. The van der Waals surface area contributed by atoms with Gasteiger partial charge in [-0.3, -0.25) is 15.4 Å². The van der Waals surface area contributed by atoms with Crippen LogP contribution in [-0.4, -0.2) is 46.7 Å². The average Bonchev–Trinajstić information content (AvgIpc) is 2.79. The number of alkyl carbamates (subject to hydrolysis) is 2. The summed E-state index contributed by atoms with van der Waals surface area (Å²) in [6, 6.07) is 10.2. The van der Waals surface area contributed by atoms with Gasteiger partial charge in [0.25, 0.3) is 0 Å². The number of methoxy groups -OCH3 is 2. The molecule has 0 unspecified atom stereocenters. The van der Waals surface area contributed by atoms with Crippen LogP contribution >= 0.6 is 0 Å². The van der Waals surface area contributed by atoms with E-state index >= 15 is 0 Å².